The molecule has 1 aromatic heterocycles. The zero-order chi connectivity index (χ0) is 37.1. The fourth-order valence-electron chi connectivity index (χ4n) is 8.88. The molecule has 0 atom stereocenters. The lowest BCUT2D eigenvalue weighted by Gasteiger charge is -2.39. The third-order valence-corrected chi connectivity index (χ3v) is 11.5. The summed E-state index contributed by atoms with van der Waals surface area (Å²) in [6.45, 7) is 0. The van der Waals surface area contributed by atoms with Gasteiger partial charge >= 0.3 is 0 Å². The van der Waals surface area contributed by atoms with Crippen molar-refractivity contribution in [3.05, 3.63) is 216 Å². The lowest BCUT2D eigenvalue weighted by atomic mass is 9.66. The maximum absolute atomic E-state index is 6.83. The second kappa shape index (κ2) is 13.0. The molecule has 264 valence electrons. The number of fused-ring (bicyclic) bond motifs is 9. The van der Waals surface area contributed by atoms with Gasteiger partial charge in [-0.05, 0) is 69.5 Å². The Bertz CT molecular complexity index is 2830. The lowest BCUT2D eigenvalue weighted by molar-refractivity contribution is 0.436. The topological polar surface area (TPSA) is 47.9 Å². The predicted octanol–water partition coefficient (Wildman–Crippen LogP) is 12.7. The number of aromatic nitrogens is 3. The Morgan fingerprint density at radius 2 is 0.911 bits per heavy atom. The zero-order valence-corrected chi connectivity index (χ0v) is 30.6. The van der Waals surface area contributed by atoms with Crippen LogP contribution in [0.1, 0.15) is 40.7 Å². The minimum absolute atomic E-state index is 0.531. The van der Waals surface area contributed by atoms with Gasteiger partial charge in [-0.15, -0.1) is 0 Å². The highest BCUT2D eigenvalue weighted by Crippen LogP contribution is 2.62. The molecule has 3 aliphatic rings. The van der Waals surface area contributed by atoms with E-state index < -0.39 is 5.41 Å². The molecule has 0 unspecified atom stereocenters. The highest BCUT2D eigenvalue weighted by molar-refractivity contribution is 5.89. The molecule has 56 heavy (non-hydrogen) atoms. The van der Waals surface area contributed by atoms with Crippen LogP contribution in [0.4, 0.5) is 0 Å². The smallest absolute Gasteiger partial charge is 0.164 e. The molecule has 4 nitrogen and oxygen atoms in total. The molecule has 1 aliphatic heterocycles. The minimum Gasteiger partial charge on any atom is -0.457 e. The Morgan fingerprint density at radius 1 is 0.411 bits per heavy atom. The fraction of sp³-hybridized carbons (Fsp3) is 0.0577. The number of allylic oxidation sites excluding steroid dienone is 4. The predicted molar refractivity (Wildman–Crippen MR) is 225 cm³/mol. The fourth-order valence-corrected chi connectivity index (χ4v) is 8.88. The van der Waals surface area contributed by atoms with Crippen molar-refractivity contribution in [1.82, 2.24) is 15.0 Å². The summed E-state index contributed by atoms with van der Waals surface area (Å²) >= 11 is 0. The maximum Gasteiger partial charge on any atom is 0.164 e. The first-order valence-corrected chi connectivity index (χ1v) is 19.2. The van der Waals surface area contributed by atoms with E-state index in [0.29, 0.717) is 17.5 Å². The summed E-state index contributed by atoms with van der Waals surface area (Å²) in [6, 6.07) is 60.0. The van der Waals surface area contributed by atoms with Crippen LogP contribution in [-0.2, 0) is 5.41 Å². The number of ether oxygens (including phenoxy) is 1. The van der Waals surface area contributed by atoms with Crippen LogP contribution in [0.5, 0.6) is 11.5 Å². The monoisotopic (exact) mass is 717 g/mol. The first kappa shape index (κ1) is 32.3. The van der Waals surface area contributed by atoms with Gasteiger partial charge in [-0.1, -0.05) is 176 Å². The zero-order valence-electron chi connectivity index (χ0n) is 30.6. The first-order valence-electron chi connectivity index (χ1n) is 19.2. The minimum atomic E-state index is -0.531. The molecular formula is C52H35N3O. The highest BCUT2D eigenvalue weighted by atomic mass is 16.5. The maximum atomic E-state index is 6.83. The molecule has 0 saturated carbocycles. The molecule has 11 rings (SSSR count). The second-order valence-electron chi connectivity index (χ2n) is 14.6. The van der Waals surface area contributed by atoms with E-state index in [1.807, 2.05) is 6.07 Å². The van der Waals surface area contributed by atoms with Gasteiger partial charge in [0.25, 0.3) is 0 Å². The molecule has 8 aromatic rings. The number of hydrogen-bond donors (Lipinski definition) is 0. The molecule has 0 radical (unpaired) electrons. The van der Waals surface area contributed by atoms with Crippen molar-refractivity contribution in [2.75, 3.05) is 0 Å². The normalized spacial score (nSPS) is 14.2. The number of hydrogen-bond acceptors (Lipinski definition) is 4. The SMILES string of the molecule is C1=CCCC(c2ccc(-c3nc(-c4ccc(-c5ccccc5)cc4)nc(-c4ccc5c(c4)Oc4ccccc4C54c5ccccc5-c5ccccc54)n3)cc2)=C1. The number of nitrogens with zero attached hydrogens (tertiary/aromatic N) is 3. The molecule has 0 saturated heterocycles. The largest absolute Gasteiger partial charge is 0.457 e. The van der Waals surface area contributed by atoms with Crippen molar-refractivity contribution in [2.45, 2.75) is 18.3 Å². The molecule has 0 amide bonds. The Kier molecular flexibility index (Phi) is 7.49. The average Bonchev–Trinajstić information content (AvgIpc) is 3.57. The van der Waals surface area contributed by atoms with Gasteiger partial charge in [-0.3, -0.25) is 0 Å². The van der Waals surface area contributed by atoms with Crippen LogP contribution < -0.4 is 4.74 Å². The van der Waals surface area contributed by atoms with E-state index in [-0.39, 0.29) is 0 Å². The highest BCUT2D eigenvalue weighted by Gasteiger charge is 2.50. The summed E-state index contributed by atoms with van der Waals surface area (Å²) in [6.07, 6.45) is 8.67. The third-order valence-electron chi connectivity index (χ3n) is 11.5. The van der Waals surface area contributed by atoms with Crippen LogP contribution >= 0.6 is 0 Å². The molecule has 0 fully saturated rings. The summed E-state index contributed by atoms with van der Waals surface area (Å²) < 4.78 is 6.83. The number of benzene rings is 7. The van der Waals surface area contributed by atoms with Crippen molar-refractivity contribution < 1.29 is 4.74 Å². The van der Waals surface area contributed by atoms with Crippen molar-refractivity contribution in [2.24, 2.45) is 0 Å². The van der Waals surface area contributed by atoms with Crippen LogP contribution in [0.2, 0.25) is 0 Å². The summed E-state index contributed by atoms with van der Waals surface area (Å²) in [5, 5.41) is 0. The number of rotatable bonds is 5. The summed E-state index contributed by atoms with van der Waals surface area (Å²) in [5.74, 6) is 3.48. The van der Waals surface area contributed by atoms with Crippen molar-refractivity contribution >= 4 is 5.57 Å². The van der Waals surface area contributed by atoms with E-state index >= 15 is 0 Å². The lowest BCUT2D eigenvalue weighted by Crippen LogP contribution is -2.32. The van der Waals surface area contributed by atoms with E-state index in [4.69, 9.17) is 19.7 Å². The Balaban J connectivity index is 1.07. The van der Waals surface area contributed by atoms with E-state index in [9.17, 15) is 0 Å². The molecule has 2 heterocycles. The summed E-state index contributed by atoms with van der Waals surface area (Å²) in [7, 11) is 0. The van der Waals surface area contributed by atoms with Gasteiger partial charge in [0.2, 0.25) is 0 Å². The summed E-state index contributed by atoms with van der Waals surface area (Å²) in [5.41, 5.74) is 14.3. The van der Waals surface area contributed by atoms with Crippen LogP contribution in [0.15, 0.2) is 188 Å². The molecular weight excluding hydrogens is 683 g/mol. The molecule has 0 bridgehead atoms. The molecule has 4 heteroatoms. The Morgan fingerprint density at radius 3 is 1.55 bits per heavy atom. The molecule has 0 N–H and O–H groups in total. The van der Waals surface area contributed by atoms with Crippen molar-refractivity contribution in [3.8, 4) is 67.9 Å². The van der Waals surface area contributed by atoms with Crippen LogP contribution in [0.3, 0.4) is 0 Å². The van der Waals surface area contributed by atoms with E-state index in [2.05, 4.69) is 182 Å². The van der Waals surface area contributed by atoms with Gasteiger partial charge in [0.15, 0.2) is 17.5 Å². The Hall–Kier alpha value is -7.17. The van der Waals surface area contributed by atoms with E-state index in [1.165, 1.54) is 39.0 Å². The number of para-hydroxylation sites is 1. The average molecular weight is 718 g/mol. The second-order valence-corrected chi connectivity index (χ2v) is 14.6. The van der Waals surface area contributed by atoms with E-state index in [1.54, 1.807) is 0 Å². The molecule has 2 aliphatic carbocycles. The van der Waals surface area contributed by atoms with Crippen molar-refractivity contribution in [3.63, 3.8) is 0 Å². The third kappa shape index (κ3) is 5.10. The Labute approximate surface area is 326 Å². The van der Waals surface area contributed by atoms with Gasteiger partial charge in [0, 0.05) is 27.8 Å². The molecule has 7 aromatic carbocycles. The summed E-state index contributed by atoms with van der Waals surface area (Å²) in [4.78, 5) is 15.4. The van der Waals surface area contributed by atoms with Crippen LogP contribution in [-0.4, -0.2) is 15.0 Å². The van der Waals surface area contributed by atoms with Crippen LogP contribution in [0, 0.1) is 0 Å². The van der Waals surface area contributed by atoms with E-state index in [0.717, 1.165) is 57.7 Å². The standard InChI is InChI=1S/C52H35N3O/c1-3-13-34(14-4-1)36-23-27-38(28-24-36)49-53-50(39-29-25-37(26-30-39)35-15-5-2-6-16-35)55-51(54-49)40-31-32-46-48(33-40)56-47-22-12-11-21-45(47)52(46)43-19-9-7-17-41(43)42-18-8-10-20-44(42)52/h1-5,7-15,17-33H,6,16H2. The van der Waals surface area contributed by atoms with Gasteiger partial charge in [-0.25, -0.2) is 15.0 Å². The van der Waals surface area contributed by atoms with Gasteiger partial charge in [0.05, 0.1) is 5.41 Å². The molecule has 1 spiro atoms. The van der Waals surface area contributed by atoms with Crippen molar-refractivity contribution in [1.29, 1.82) is 0 Å². The van der Waals surface area contributed by atoms with Crippen LogP contribution in [0.25, 0.3) is 62.0 Å². The quantitative estimate of drug-likeness (QED) is 0.178. The van der Waals surface area contributed by atoms with Gasteiger partial charge < -0.3 is 4.74 Å². The van der Waals surface area contributed by atoms with Gasteiger partial charge in [0.1, 0.15) is 11.5 Å². The van der Waals surface area contributed by atoms with Gasteiger partial charge in [-0.2, -0.15) is 0 Å². The first-order chi connectivity index (χ1) is 27.7.